The molecule has 19 heavy (non-hydrogen) atoms. The molecular formula is C15H17NO3. The molecule has 0 saturated heterocycles. The molecule has 2 aromatic carbocycles. The lowest BCUT2D eigenvalue weighted by atomic mass is 10.1. The van der Waals surface area contributed by atoms with Crippen LogP contribution in [0.25, 0.3) is 10.8 Å². The fourth-order valence-electron chi connectivity index (χ4n) is 1.85. The number of rotatable bonds is 5. The zero-order chi connectivity index (χ0) is 13.7. The van der Waals surface area contributed by atoms with Gasteiger partial charge in [-0.3, -0.25) is 4.79 Å². The third kappa shape index (κ3) is 3.61. The third-order valence-corrected chi connectivity index (χ3v) is 2.89. The maximum absolute atomic E-state index is 11.0. The Kier molecular flexibility index (Phi) is 4.23. The van der Waals surface area contributed by atoms with Crippen LogP contribution in [0.3, 0.4) is 0 Å². The molecule has 1 amide bonds. The Balaban J connectivity index is 1.95. The van der Waals surface area contributed by atoms with Gasteiger partial charge in [-0.2, -0.15) is 0 Å². The number of benzene rings is 2. The molecule has 2 aromatic rings. The molecule has 0 bridgehead atoms. The Hall–Kier alpha value is -2.23. The zero-order valence-corrected chi connectivity index (χ0v) is 10.8. The molecule has 0 aliphatic rings. The van der Waals surface area contributed by atoms with Gasteiger partial charge in [0.2, 0.25) is 5.91 Å². The monoisotopic (exact) mass is 259 g/mol. The Morgan fingerprint density at radius 2 is 2.00 bits per heavy atom. The van der Waals surface area contributed by atoms with Gasteiger partial charge in [0.05, 0.1) is 6.61 Å². The second-order valence-electron chi connectivity index (χ2n) is 4.32. The van der Waals surface area contributed by atoms with E-state index >= 15 is 0 Å². The minimum Gasteiger partial charge on any atom is -0.508 e. The summed E-state index contributed by atoms with van der Waals surface area (Å²) in [7, 11) is 1.62. The number of carbonyl (C=O) groups excluding carboxylic acids is 1. The Bertz CT molecular complexity index is 581. The van der Waals surface area contributed by atoms with Crippen LogP contribution in [0.2, 0.25) is 0 Å². The van der Waals surface area contributed by atoms with Gasteiger partial charge >= 0.3 is 0 Å². The maximum Gasteiger partial charge on any atom is 0.219 e. The van der Waals surface area contributed by atoms with Crippen LogP contribution in [0.5, 0.6) is 11.5 Å². The lowest BCUT2D eigenvalue weighted by Crippen LogP contribution is -2.18. The van der Waals surface area contributed by atoms with Crippen molar-refractivity contribution in [1.82, 2.24) is 5.32 Å². The van der Waals surface area contributed by atoms with Crippen LogP contribution in [-0.2, 0) is 4.79 Å². The first-order valence-corrected chi connectivity index (χ1v) is 6.25. The van der Waals surface area contributed by atoms with Gasteiger partial charge in [-0.05, 0) is 41.5 Å². The fourth-order valence-corrected chi connectivity index (χ4v) is 1.85. The fraction of sp³-hybridized carbons (Fsp3) is 0.267. The third-order valence-electron chi connectivity index (χ3n) is 2.89. The lowest BCUT2D eigenvalue weighted by molar-refractivity contribution is -0.120. The van der Waals surface area contributed by atoms with Crippen LogP contribution in [0, 0.1) is 0 Å². The van der Waals surface area contributed by atoms with E-state index in [0.717, 1.165) is 16.5 Å². The molecule has 0 heterocycles. The van der Waals surface area contributed by atoms with E-state index in [4.69, 9.17) is 4.74 Å². The summed E-state index contributed by atoms with van der Waals surface area (Å²) < 4.78 is 5.59. The highest BCUT2D eigenvalue weighted by molar-refractivity contribution is 5.85. The summed E-state index contributed by atoms with van der Waals surface area (Å²) in [5, 5.41) is 14.0. The zero-order valence-electron chi connectivity index (χ0n) is 10.8. The SMILES string of the molecule is CNC(=O)CCCOc1ccc2ccc(O)cc2c1. The lowest BCUT2D eigenvalue weighted by Gasteiger charge is -2.07. The van der Waals surface area contributed by atoms with Crippen LogP contribution < -0.4 is 10.1 Å². The first-order valence-electron chi connectivity index (χ1n) is 6.25. The van der Waals surface area contributed by atoms with Crippen molar-refractivity contribution in [2.75, 3.05) is 13.7 Å². The molecule has 0 aromatic heterocycles. The van der Waals surface area contributed by atoms with Crippen molar-refractivity contribution in [1.29, 1.82) is 0 Å². The van der Waals surface area contributed by atoms with Crippen molar-refractivity contribution in [2.45, 2.75) is 12.8 Å². The van der Waals surface area contributed by atoms with Gasteiger partial charge in [0.15, 0.2) is 0 Å². The van der Waals surface area contributed by atoms with E-state index in [2.05, 4.69) is 5.32 Å². The number of amides is 1. The molecule has 0 aliphatic heterocycles. The van der Waals surface area contributed by atoms with E-state index < -0.39 is 0 Å². The average Bonchev–Trinajstić information content (AvgIpc) is 2.42. The number of carbonyl (C=O) groups is 1. The van der Waals surface area contributed by atoms with Gasteiger partial charge in [0.25, 0.3) is 0 Å². The largest absolute Gasteiger partial charge is 0.508 e. The van der Waals surface area contributed by atoms with Crippen molar-refractivity contribution >= 4 is 16.7 Å². The standard InChI is InChI=1S/C15H17NO3/c1-16-15(18)3-2-8-19-14-7-5-11-4-6-13(17)9-12(11)10-14/h4-7,9-10,17H,2-3,8H2,1H3,(H,16,18). The van der Waals surface area contributed by atoms with Crippen LogP contribution in [0.4, 0.5) is 0 Å². The van der Waals surface area contributed by atoms with E-state index in [1.807, 2.05) is 24.3 Å². The maximum atomic E-state index is 11.0. The normalized spacial score (nSPS) is 10.4. The summed E-state index contributed by atoms with van der Waals surface area (Å²) in [4.78, 5) is 11.0. The van der Waals surface area contributed by atoms with Crippen molar-refractivity contribution in [3.05, 3.63) is 36.4 Å². The summed E-state index contributed by atoms with van der Waals surface area (Å²) >= 11 is 0. The molecule has 2 N–H and O–H groups in total. The molecule has 0 spiro atoms. The second kappa shape index (κ2) is 6.09. The molecule has 100 valence electrons. The Labute approximate surface area is 112 Å². The predicted molar refractivity (Wildman–Crippen MR) is 74.4 cm³/mol. The van der Waals surface area contributed by atoms with Gasteiger partial charge in [-0.25, -0.2) is 0 Å². The van der Waals surface area contributed by atoms with Crippen molar-refractivity contribution in [3.63, 3.8) is 0 Å². The molecule has 4 heteroatoms. The Morgan fingerprint density at radius 3 is 2.79 bits per heavy atom. The summed E-state index contributed by atoms with van der Waals surface area (Å²) in [5.74, 6) is 1.01. The number of hydrogen-bond acceptors (Lipinski definition) is 3. The van der Waals surface area contributed by atoms with Crippen molar-refractivity contribution < 1.29 is 14.6 Å². The van der Waals surface area contributed by atoms with E-state index in [9.17, 15) is 9.90 Å². The summed E-state index contributed by atoms with van der Waals surface area (Å²) in [6.07, 6.45) is 1.14. The molecular weight excluding hydrogens is 242 g/mol. The highest BCUT2D eigenvalue weighted by Crippen LogP contribution is 2.24. The molecule has 0 radical (unpaired) electrons. The van der Waals surface area contributed by atoms with Crippen molar-refractivity contribution in [2.24, 2.45) is 0 Å². The van der Waals surface area contributed by atoms with E-state index in [1.165, 1.54) is 0 Å². The molecule has 0 aliphatic carbocycles. The molecule has 0 unspecified atom stereocenters. The number of hydrogen-bond donors (Lipinski definition) is 2. The highest BCUT2D eigenvalue weighted by Gasteiger charge is 2.01. The van der Waals surface area contributed by atoms with Gasteiger partial charge in [-0.15, -0.1) is 0 Å². The molecule has 0 fully saturated rings. The number of nitrogens with one attached hydrogen (secondary N) is 1. The van der Waals surface area contributed by atoms with Crippen LogP contribution in [-0.4, -0.2) is 24.7 Å². The van der Waals surface area contributed by atoms with E-state index in [0.29, 0.717) is 19.4 Å². The van der Waals surface area contributed by atoms with E-state index in [1.54, 1.807) is 19.2 Å². The van der Waals surface area contributed by atoms with Crippen LogP contribution in [0.1, 0.15) is 12.8 Å². The summed E-state index contributed by atoms with van der Waals surface area (Å²) in [6, 6.07) is 10.9. The average molecular weight is 259 g/mol. The predicted octanol–water partition coefficient (Wildman–Crippen LogP) is 2.45. The van der Waals surface area contributed by atoms with Crippen LogP contribution in [0.15, 0.2) is 36.4 Å². The van der Waals surface area contributed by atoms with Gasteiger partial charge < -0.3 is 15.2 Å². The first-order chi connectivity index (χ1) is 9.19. The van der Waals surface area contributed by atoms with E-state index in [-0.39, 0.29) is 11.7 Å². The minimum atomic E-state index is 0.0204. The first kappa shape index (κ1) is 13.2. The molecule has 4 nitrogen and oxygen atoms in total. The van der Waals surface area contributed by atoms with Crippen LogP contribution >= 0.6 is 0 Å². The molecule has 0 saturated carbocycles. The second-order valence-corrected chi connectivity index (χ2v) is 4.32. The van der Waals surface area contributed by atoms with Gasteiger partial charge in [0, 0.05) is 13.5 Å². The quantitative estimate of drug-likeness (QED) is 0.811. The number of aromatic hydroxyl groups is 1. The number of phenolic OH excluding ortho intramolecular Hbond substituents is 1. The Morgan fingerprint density at radius 1 is 1.21 bits per heavy atom. The summed E-state index contributed by atoms with van der Waals surface area (Å²) in [6.45, 7) is 0.498. The number of fused-ring (bicyclic) bond motifs is 1. The van der Waals surface area contributed by atoms with Crippen molar-refractivity contribution in [3.8, 4) is 11.5 Å². The molecule has 0 atom stereocenters. The number of ether oxygens (including phenoxy) is 1. The minimum absolute atomic E-state index is 0.0204. The van der Waals surface area contributed by atoms with Gasteiger partial charge in [0.1, 0.15) is 11.5 Å². The highest BCUT2D eigenvalue weighted by atomic mass is 16.5. The molecule has 2 rings (SSSR count). The smallest absolute Gasteiger partial charge is 0.219 e. The van der Waals surface area contributed by atoms with Gasteiger partial charge in [-0.1, -0.05) is 12.1 Å². The topological polar surface area (TPSA) is 58.6 Å². The summed E-state index contributed by atoms with van der Waals surface area (Å²) in [5.41, 5.74) is 0. The number of phenols is 1.